The van der Waals surface area contributed by atoms with E-state index >= 15 is 0 Å². The van der Waals surface area contributed by atoms with Crippen molar-refractivity contribution >= 4 is 28.1 Å². The van der Waals surface area contributed by atoms with E-state index in [0.29, 0.717) is 5.69 Å². The molecule has 2 nitrogen and oxygen atoms in total. The smallest absolute Gasteiger partial charge is 0.123 e. The zero-order valence-electron chi connectivity index (χ0n) is 6.67. The summed E-state index contributed by atoms with van der Waals surface area (Å²) in [6.45, 7) is 0. The lowest BCUT2D eigenvalue weighted by atomic mass is 10.2. The number of nitrogens with two attached hydrogens (primary N) is 1. The summed E-state index contributed by atoms with van der Waals surface area (Å²) in [5.74, 6) is -0.263. The molecule has 0 atom stereocenters. The third-order valence-electron chi connectivity index (χ3n) is 1.85. The lowest BCUT2D eigenvalue weighted by Crippen LogP contribution is -2.09. The number of fused-ring (bicyclic) bond motifs is 1. The van der Waals surface area contributed by atoms with Gasteiger partial charge >= 0.3 is 0 Å². The van der Waals surface area contributed by atoms with Gasteiger partial charge in [-0.3, -0.25) is 0 Å². The Balaban J connectivity index is 2.68. The predicted molar refractivity (Wildman–Crippen MR) is 54.1 cm³/mol. The van der Waals surface area contributed by atoms with Crippen molar-refractivity contribution in [2.24, 2.45) is 5.73 Å². The molecule has 4 heteroatoms. The molecule has 0 bridgehead atoms. The number of H-pyrrole nitrogens is 1. The van der Waals surface area contributed by atoms with Gasteiger partial charge in [0.25, 0.3) is 0 Å². The number of thiocarbonyl (C=S) groups is 1. The number of benzene rings is 1. The van der Waals surface area contributed by atoms with Crippen molar-refractivity contribution in [3.63, 3.8) is 0 Å². The first kappa shape index (κ1) is 8.19. The molecular weight excluding hydrogens is 187 g/mol. The highest BCUT2D eigenvalue weighted by molar-refractivity contribution is 7.80. The van der Waals surface area contributed by atoms with Crippen LogP contribution in [0.15, 0.2) is 24.3 Å². The van der Waals surface area contributed by atoms with Crippen molar-refractivity contribution in [2.45, 2.75) is 0 Å². The van der Waals surface area contributed by atoms with Gasteiger partial charge in [-0.25, -0.2) is 4.39 Å². The normalized spacial score (nSPS) is 10.5. The van der Waals surface area contributed by atoms with Crippen LogP contribution in [-0.2, 0) is 0 Å². The second-order valence-corrected chi connectivity index (χ2v) is 3.22. The van der Waals surface area contributed by atoms with E-state index in [1.807, 2.05) is 0 Å². The highest BCUT2D eigenvalue weighted by atomic mass is 32.1. The van der Waals surface area contributed by atoms with Crippen molar-refractivity contribution < 1.29 is 4.39 Å². The summed E-state index contributed by atoms with van der Waals surface area (Å²) in [5, 5.41) is 0.780. The molecule has 0 aliphatic heterocycles. The van der Waals surface area contributed by atoms with Crippen molar-refractivity contribution in [1.82, 2.24) is 4.98 Å². The molecule has 0 unspecified atom stereocenters. The topological polar surface area (TPSA) is 41.8 Å². The maximum Gasteiger partial charge on any atom is 0.123 e. The molecule has 0 aliphatic carbocycles. The molecule has 66 valence electrons. The molecule has 0 aliphatic rings. The maximum absolute atomic E-state index is 12.8. The van der Waals surface area contributed by atoms with Gasteiger partial charge in [-0.05, 0) is 24.3 Å². The van der Waals surface area contributed by atoms with Crippen LogP contribution in [0.2, 0.25) is 0 Å². The molecule has 13 heavy (non-hydrogen) atoms. The van der Waals surface area contributed by atoms with Crippen molar-refractivity contribution in [3.8, 4) is 0 Å². The Hall–Kier alpha value is -1.42. The predicted octanol–water partition coefficient (Wildman–Crippen LogP) is 1.94. The molecule has 1 heterocycles. The van der Waals surface area contributed by atoms with Gasteiger partial charge in [-0.2, -0.15) is 0 Å². The molecule has 0 spiro atoms. The van der Waals surface area contributed by atoms with E-state index < -0.39 is 0 Å². The molecule has 0 fully saturated rings. The number of aromatic amines is 1. The van der Waals surface area contributed by atoms with Gasteiger partial charge in [0.2, 0.25) is 0 Å². The minimum Gasteiger partial charge on any atom is -0.388 e. The molecular formula is C9H7FN2S. The molecule has 0 saturated carbocycles. The van der Waals surface area contributed by atoms with Crippen LogP contribution < -0.4 is 5.73 Å². The summed E-state index contributed by atoms with van der Waals surface area (Å²) in [6.07, 6.45) is 0. The number of hydrogen-bond acceptors (Lipinski definition) is 1. The van der Waals surface area contributed by atoms with Crippen LogP contribution >= 0.6 is 12.2 Å². The van der Waals surface area contributed by atoms with E-state index in [1.165, 1.54) is 12.1 Å². The molecule has 2 rings (SSSR count). The lowest BCUT2D eigenvalue weighted by molar-refractivity contribution is 0.630. The van der Waals surface area contributed by atoms with E-state index in [9.17, 15) is 4.39 Å². The first-order valence-electron chi connectivity index (χ1n) is 3.75. The maximum atomic E-state index is 12.8. The van der Waals surface area contributed by atoms with Gasteiger partial charge in [0.05, 0.1) is 5.69 Å². The Morgan fingerprint density at radius 1 is 1.38 bits per heavy atom. The van der Waals surface area contributed by atoms with Crippen LogP contribution in [0.4, 0.5) is 4.39 Å². The number of halogens is 1. The zero-order chi connectivity index (χ0) is 9.42. The number of rotatable bonds is 1. The molecule has 2 aromatic rings. The minimum atomic E-state index is -0.263. The van der Waals surface area contributed by atoms with Crippen molar-refractivity contribution in [2.75, 3.05) is 0 Å². The lowest BCUT2D eigenvalue weighted by Gasteiger charge is -1.88. The van der Waals surface area contributed by atoms with E-state index in [1.54, 1.807) is 12.1 Å². The van der Waals surface area contributed by atoms with Gasteiger partial charge in [0, 0.05) is 10.9 Å². The fraction of sp³-hybridized carbons (Fsp3) is 0. The van der Waals surface area contributed by atoms with E-state index in [4.69, 9.17) is 18.0 Å². The monoisotopic (exact) mass is 194 g/mol. The molecule has 1 aromatic heterocycles. The highest BCUT2D eigenvalue weighted by Gasteiger charge is 2.02. The van der Waals surface area contributed by atoms with Gasteiger partial charge in [0.15, 0.2) is 0 Å². The van der Waals surface area contributed by atoms with E-state index in [-0.39, 0.29) is 10.8 Å². The summed E-state index contributed by atoms with van der Waals surface area (Å²) < 4.78 is 12.8. The Kier molecular flexibility index (Phi) is 1.77. The van der Waals surface area contributed by atoms with E-state index in [2.05, 4.69) is 4.98 Å². The number of nitrogens with one attached hydrogen (secondary N) is 1. The van der Waals surface area contributed by atoms with Gasteiger partial charge < -0.3 is 10.7 Å². The molecule has 3 N–H and O–H groups in total. The van der Waals surface area contributed by atoms with Gasteiger partial charge in [-0.1, -0.05) is 12.2 Å². The summed E-state index contributed by atoms with van der Waals surface area (Å²) in [4.78, 5) is 3.28. The van der Waals surface area contributed by atoms with Crippen LogP contribution in [0.25, 0.3) is 10.9 Å². The average molecular weight is 194 g/mol. The Bertz CT molecular complexity index is 475. The van der Waals surface area contributed by atoms with Gasteiger partial charge in [0.1, 0.15) is 10.8 Å². The first-order chi connectivity index (χ1) is 6.16. The molecule has 1 aromatic carbocycles. The molecule has 0 amide bonds. The largest absolute Gasteiger partial charge is 0.388 e. The highest BCUT2D eigenvalue weighted by Crippen LogP contribution is 2.16. The second kappa shape index (κ2) is 2.81. The summed E-state index contributed by atoms with van der Waals surface area (Å²) in [7, 11) is 0. The number of hydrogen-bond donors (Lipinski definition) is 2. The summed E-state index contributed by atoms with van der Waals surface area (Å²) >= 11 is 4.79. The fourth-order valence-corrected chi connectivity index (χ4v) is 1.35. The van der Waals surface area contributed by atoms with E-state index in [0.717, 1.165) is 10.9 Å². The van der Waals surface area contributed by atoms with Crippen molar-refractivity contribution in [3.05, 3.63) is 35.8 Å². The second-order valence-electron chi connectivity index (χ2n) is 2.78. The molecule has 0 radical (unpaired) electrons. The van der Waals surface area contributed by atoms with Crippen LogP contribution in [0.1, 0.15) is 5.69 Å². The van der Waals surface area contributed by atoms with Crippen molar-refractivity contribution in [1.29, 1.82) is 0 Å². The third kappa shape index (κ3) is 1.40. The van der Waals surface area contributed by atoms with Crippen LogP contribution in [-0.4, -0.2) is 9.97 Å². The standard InChI is InChI=1S/C9H7FN2S/c10-6-1-2-7-5(3-6)4-8(12-7)9(11)13/h1-4,12H,(H2,11,13). The fourth-order valence-electron chi connectivity index (χ4n) is 1.24. The Labute approximate surface area is 79.6 Å². The zero-order valence-corrected chi connectivity index (χ0v) is 7.49. The first-order valence-corrected chi connectivity index (χ1v) is 4.16. The number of aromatic nitrogens is 1. The Morgan fingerprint density at radius 3 is 2.85 bits per heavy atom. The van der Waals surface area contributed by atoms with Crippen LogP contribution in [0.5, 0.6) is 0 Å². The third-order valence-corrected chi connectivity index (χ3v) is 2.07. The van der Waals surface area contributed by atoms with Gasteiger partial charge in [-0.15, -0.1) is 0 Å². The summed E-state index contributed by atoms with van der Waals surface area (Å²) in [5.41, 5.74) is 6.92. The SMILES string of the molecule is NC(=S)c1cc2cc(F)ccc2[nH]1. The summed E-state index contributed by atoms with van der Waals surface area (Å²) in [6, 6.07) is 6.23. The molecule has 0 saturated heterocycles. The minimum absolute atomic E-state index is 0.263. The quantitative estimate of drug-likeness (QED) is 0.681. The van der Waals surface area contributed by atoms with Crippen LogP contribution in [0.3, 0.4) is 0 Å². The average Bonchev–Trinajstić information content (AvgIpc) is 2.46. The van der Waals surface area contributed by atoms with Crippen LogP contribution in [0, 0.1) is 5.82 Å². The Morgan fingerprint density at radius 2 is 2.15 bits per heavy atom.